The minimum absolute atomic E-state index is 0.00694. The molecule has 1 N–H and O–H groups in total. The molecule has 1 aromatic carbocycles. The van der Waals surface area contributed by atoms with Gasteiger partial charge >= 0.3 is 5.97 Å². The fourth-order valence-electron chi connectivity index (χ4n) is 3.02. The molecule has 0 amide bonds. The van der Waals surface area contributed by atoms with E-state index in [0.717, 1.165) is 22.0 Å². The molecule has 0 saturated carbocycles. The zero-order valence-corrected chi connectivity index (χ0v) is 12.6. The van der Waals surface area contributed by atoms with Crippen LogP contribution in [0.1, 0.15) is 22.9 Å². The number of rotatable bonds is 3. The van der Waals surface area contributed by atoms with Crippen LogP contribution in [0, 0.1) is 10.1 Å². The number of carboxylic acids is 1. The monoisotopic (exact) mass is 329 g/mol. The standard InChI is InChI=1S/C15H11N3O4S/c19-14(20)10-4-5-12-13(10)17-7-11(16-15(17)23-12)8-2-1-3-9(6-8)18(21)22/h1-3,6-7,10H,4-5H2,(H,19,20). The summed E-state index contributed by atoms with van der Waals surface area (Å²) in [5, 5.41) is 20.2. The van der Waals surface area contributed by atoms with Crippen LogP contribution in [0.3, 0.4) is 0 Å². The molecule has 116 valence electrons. The summed E-state index contributed by atoms with van der Waals surface area (Å²) in [6.45, 7) is 0. The summed E-state index contributed by atoms with van der Waals surface area (Å²) in [7, 11) is 0. The lowest BCUT2D eigenvalue weighted by Crippen LogP contribution is -2.09. The Hall–Kier alpha value is -2.74. The summed E-state index contributed by atoms with van der Waals surface area (Å²) in [6.07, 6.45) is 3.13. The van der Waals surface area contributed by atoms with Gasteiger partial charge in [0.05, 0.1) is 22.2 Å². The molecule has 0 fully saturated rings. The average molecular weight is 329 g/mol. The molecule has 1 atom stereocenters. The van der Waals surface area contributed by atoms with Crippen molar-refractivity contribution >= 4 is 28.0 Å². The summed E-state index contributed by atoms with van der Waals surface area (Å²) < 4.78 is 1.82. The second kappa shape index (κ2) is 4.88. The first-order valence-corrected chi connectivity index (χ1v) is 7.84. The fraction of sp³-hybridized carbons (Fsp3) is 0.200. The molecule has 7 nitrogen and oxygen atoms in total. The van der Waals surface area contributed by atoms with Crippen molar-refractivity contribution in [1.82, 2.24) is 9.38 Å². The third-order valence-corrected chi connectivity index (χ3v) is 5.20. The van der Waals surface area contributed by atoms with E-state index in [0.29, 0.717) is 17.7 Å². The third kappa shape index (κ3) is 2.10. The number of nitrogens with zero attached hydrogens (tertiary/aromatic N) is 3. The SMILES string of the molecule is O=C(O)C1CCc2sc3nc(-c4cccc([N+](=O)[O-])c4)cn3c21. The van der Waals surface area contributed by atoms with Crippen molar-refractivity contribution in [2.75, 3.05) is 0 Å². The van der Waals surface area contributed by atoms with Gasteiger partial charge in [0.25, 0.3) is 5.69 Å². The van der Waals surface area contributed by atoms with E-state index in [-0.39, 0.29) is 5.69 Å². The number of imidazole rings is 1. The molecule has 0 spiro atoms. The minimum Gasteiger partial charge on any atom is -0.481 e. The van der Waals surface area contributed by atoms with Crippen LogP contribution in [0.5, 0.6) is 0 Å². The van der Waals surface area contributed by atoms with Crippen molar-refractivity contribution in [2.24, 2.45) is 0 Å². The number of nitro groups is 1. The third-order valence-electron chi connectivity index (χ3n) is 4.07. The number of non-ortho nitro benzene ring substituents is 1. The first-order valence-electron chi connectivity index (χ1n) is 7.03. The van der Waals surface area contributed by atoms with Crippen LogP contribution in [0.25, 0.3) is 16.2 Å². The van der Waals surface area contributed by atoms with Crippen LogP contribution in [0.15, 0.2) is 30.5 Å². The number of aromatic nitrogens is 2. The van der Waals surface area contributed by atoms with Crippen molar-refractivity contribution in [3.8, 4) is 11.3 Å². The number of thiazole rings is 1. The number of nitro benzene ring substituents is 1. The predicted molar refractivity (Wildman–Crippen MR) is 83.9 cm³/mol. The summed E-state index contributed by atoms with van der Waals surface area (Å²) in [6, 6.07) is 6.28. The molecule has 1 aliphatic carbocycles. The highest BCUT2D eigenvalue weighted by atomic mass is 32.1. The molecule has 0 bridgehead atoms. The van der Waals surface area contributed by atoms with E-state index < -0.39 is 16.8 Å². The van der Waals surface area contributed by atoms with Gasteiger partial charge in [-0.25, -0.2) is 4.98 Å². The second-order valence-electron chi connectivity index (χ2n) is 5.43. The Morgan fingerprint density at radius 3 is 3.04 bits per heavy atom. The molecular weight excluding hydrogens is 318 g/mol. The number of benzene rings is 1. The Balaban J connectivity index is 1.83. The Morgan fingerprint density at radius 1 is 1.48 bits per heavy atom. The van der Waals surface area contributed by atoms with Gasteiger partial charge in [0, 0.05) is 28.8 Å². The minimum atomic E-state index is -0.825. The maximum atomic E-state index is 11.4. The van der Waals surface area contributed by atoms with Crippen molar-refractivity contribution < 1.29 is 14.8 Å². The Labute approximate surface area is 134 Å². The van der Waals surface area contributed by atoms with Crippen LogP contribution in [0.4, 0.5) is 5.69 Å². The first-order chi connectivity index (χ1) is 11.0. The molecule has 3 aromatic rings. The molecule has 2 aromatic heterocycles. The summed E-state index contributed by atoms with van der Waals surface area (Å²) in [5.41, 5.74) is 2.06. The van der Waals surface area contributed by atoms with E-state index in [9.17, 15) is 20.0 Å². The average Bonchev–Trinajstić information content (AvgIpc) is 3.17. The van der Waals surface area contributed by atoms with E-state index in [1.165, 1.54) is 23.5 Å². The molecule has 0 radical (unpaired) electrons. The Kier molecular flexibility index (Phi) is 2.95. The molecule has 1 unspecified atom stereocenters. The molecule has 1 aliphatic rings. The number of carboxylic acid groups (broad SMARTS) is 1. The zero-order valence-electron chi connectivity index (χ0n) is 11.8. The van der Waals surface area contributed by atoms with Crippen molar-refractivity contribution in [3.05, 3.63) is 51.1 Å². The second-order valence-corrected chi connectivity index (χ2v) is 6.49. The molecule has 0 aliphatic heterocycles. The lowest BCUT2D eigenvalue weighted by Gasteiger charge is -2.03. The van der Waals surface area contributed by atoms with E-state index >= 15 is 0 Å². The topological polar surface area (TPSA) is 97.7 Å². The molecule has 23 heavy (non-hydrogen) atoms. The van der Waals surface area contributed by atoms with Gasteiger partial charge in [-0.15, -0.1) is 11.3 Å². The van der Waals surface area contributed by atoms with E-state index in [2.05, 4.69) is 4.98 Å². The largest absolute Gasteiger partial charge is 0.481 e. The summed E-state index contributed by atoms with van der Waals surface area (Å²) in [5.74, 6) is -1.33. The molecule has 0 saturated heterocycles. The Morgan fingerprint density at radius 2 is 2.30 bits per heavy atom. The molecular formula is C15H11N3O4S. The van der Waals surface area contributed by atoms with Gasteiger partial charge in [-0.1, -0.05) is 12.1 Å². The number of hydrogen-bond acceptors (Lipinski definition) is 5. The highest BCUT2D eigenvalue weighted by Crippen LogP contribution is 2.40. The van der Waals surface area contributed by atoms with E-state index in [4.69, 9.17) is 0 Å². The van der Waals surface area contributed by atoms with Gasteiger partial charge in [-0.05, 0) is 12.8 Å². The van der Waals surface area contributed by atoms with Crippen molar-refractivity contribution in [1.29, 1.82) is 0 Å². The van der Waals surface area contributed by atoms with Gasteiger partial charge in [0.2, 0.25) is 0 Å². The number of aliphatic carboxylic acids is 1. The van der Waals surface area contributed by atoms with Crippen LogP contribution in [-0.4, -0.2) is 25.4 Å². The van der Waals surface area contributed by atoms with Gasteiger partial charge in [-0.3, -0.25) is 19.3 Å². The molecule has 4 rings (SSSR count). The predicted octanol–water partition coefficient (Wildman–Crippen LogP) is 3.09. The number of aryl methyl sites for hydroxylation is 1. The number of carbonyl (C=O) groups is 1. The lowest BCUT2D eigenvalue weighted by atomic mass is 10.1. The summed E-state index contributed by atoms with van der Waals surface area (Å²) in [4.78, 5) is 28.1. The summed E-state index contributed by atoms with van der Waals surface area (Å²) >= 11 is 1.49. The van der Waals surface area contributed by atoms with Gasteiger partial charge < -0.3 is 5.11 Å². The van der Waals surface area contributed by atoms with Crippen LogP contribution in [-0.2, 0) is 11.2 Å². The maximum Gasteiger partial charge on any atom is 0.312 e. The van der Waals surface area contributed by atoms with Crippen molar-refractivity contribution in [3.63, 3.8) is 0 Å². The highest BCUT2D eigenvalue weighted by Gasteiger charge is 2.33. The number of fused-ring (bicyclic) bond motifs is 3. The molecule has 2 heterocycles. The quantitative estimate of drug-likeness (QED) is 0.588. The zero-order chi connectivity index (χ0) is 16.1. The van der Waals surface area contributed by atoms with E-state index in [1.807, 2.05) is 4.40 Å². The maximum absolute atomic E-state index is 11.4. The lowest BCUT2D eigenvalue weighted by molar-refractivity contribution is -0.384. The first kappa shape index (κ1) is 13.9. The van der Waals surface area contributed by atoms with Gasteiger partial charge in [-0.2, -0.15) is 0 Å². The van der Waals surface area contributed by atoms with Gasteiger partial charge in [0.1, 0.15) is 0 Å². The van der Waals surface area contributed by atoms with E-state index in [1.54, 1.807) is 18.3 Å². The van der Waals surface area contributed by atoms with Crippen molar-refractivity contribution in [2.45, 2.75) is 18.8 Å². The Bertz CT molecular complexity index is 959. The van der Waals surface area contributed by atoms with Crippen LogP contribution < -0.4 is 0 Å². The van der Waals surface area contributed by atoms with Crippen LogP contribution >= 0.6 is 11.3 Å². The highest BCUT2D eigenvalue weighted by molar-refractivity contribution is 7.17. The normalized spacial score (nSPS) is 16.6. The van der Waals surface area contributed by atoms with Gasteiger partial charge in [0.15, 0.2) is 4.96 Å². The van der Waals surface area contributed by atoms with Crippen LogP contribution in [0.2, 0.25) is 0 Å². The molecule has 8 heteroatoms. The smallest absolute Gasteiger partial charge is 0.312 e. The fourth-order valence-corrected chi connectivity index (χ4v) is 4.20. The number of hydrogen-bond donors (Lipinski definition) is 1.